The first-order valence-electron chi connectivity index (χ1n) is 5.16. The van der Waals surface area contributed by atoms with Crippen LogP contribution in [0.1, 0.15) is 26.3 Å². The number of nitrogen functional groups attached to an aromatic ring is 1. The smallest absolute Gasteiger partial charge is 0.146 e. The van der Waals surface area contributed by atoms with Crippen LogP contribution in [0.4, 0.5) is 10.1 Å². The van der Waals surface area contributed by atoms with Crippen LogP contribution in [0.2, 0.25) is 0 Å². The van der Waals surface area contributed by atoms with Gasteiger partial charge in [0, 0.05) is 0 Å². The molecule has 84 valence electrons. The molecule has 2 N–H and O–H groups in total. The van der Waals surface area contributed by atoms with Gasteiger partial charge in [0.05, 0.1) is 18.4 Å². The average molecular weight is 211 g/mol. The predicted octanol–water partition coefficient (Wildman–Crippen LogP) is 2.97. The highest BCUT2D eigenvalue weighted by atomic mass is 19.1. The number of halogens is 1. The maximum Gasteiger partial charge on any atom is 0.146 e. The zero-order chi connectivity index (χ0) is 11.4. The molecule has 2 nitrogen and oxygen atoms in total. The third kappa shape index (κ3) is 3.51. The average Bonchev–Trinajstić information content (AvgIpc) is 2.19. The third-order valence-corrected chi connectivity index (χ3v) is 2.52. The molecule has 0 aromatic heterocycles. The van der Waals surface area contributed by atoms with Gasteiger partial charge in [-0.15, -0.1) is 0 Å². The van der Waals surface area contributed by atoms with E-state index in [4.69, 9.17) is 10.5 Å². The van der Waals surface area contributed by atoms with E-state index in [-0.39, 0.29) is 17.6 Å². The molecule has 15 heavy (non-hydrogen) atoms. The van der Waals surface area contributed by atoms with Gasteiger partial charge < -0.3 is 10.5 Å². The fourth-order valence-corrected chi connectivity index (χ4v) is 1.08. The van der Waals surface area contributed by atoms with Gasteiger partial charge in [0.25, 0.3) is 0 Å². The molecule has 1 aromatic rings. The van der Waals surface area contributed by atoms with Crippen molar-refractivity contribution in [2.45, 2.75) is 33.5 Å². The standard InChI is InChI=1S/C12H18FNO/c1-8(2)9(3)15-7-10-4-5-12(14)11(13)6-10/h4-6,8-9H,7,14H2,1-3H3. The van der Waals surface area contributed by atoms with E-state index in [0.717, 1.165) is 5.56 Å². The van der Waals surface area contributed by atoms with Gasteiger partial charge in [-0.2, -0.15) is 0 Å². The molecule has 0 aliphatic carbocycles. The van der Waals surface area contributed by atoms with Crippen molar-refractivity contribution in [1.29, 1.82) is 0 Å². The normalized spacial score (nSPS) is 13.1. The summed E-state index contributed by atoms with van der Waals surface area (Å²) < 4.78 is 18.7. The maximum atomic E-state index is 13.1. The second-order valence-electron chi connectivity index (χ2n) is 4.12. The Bertz CT molecular complexity index is 325. The van der Waals surface area contributed by atoms with E-state index < -0.39 is 0 Å². The lowest BCUT2D eigenvalue weighted by atomic mass is 10.1. The highest BCUT2D eigenvalue weighted by Gasteiger charge is 2.07. The molecule has 0 bridgehead atoms. The zero-order valence-corrected chi connectivity index (χ0v) is 9.46. The van der Waals surface area contributed by atoms with Crippen molar-refractivity contribution in [2.75, 3.05) is 5.73 Å². The summed E-state index contributed by atoms with van der Waals surface area (Å²) in [4.78, 5) is 0. The minimum Gasteiger partial charge on any atom is -0.396 e. The number of ether oxygens (including phenoxy) is 1. The van der Waals surface area contributed by atoms with Crippen molar-refractivity contribution >= 4 is 5.69 Å². The van der Waals surface area contributed by atoms with E-state index in [1.54, 1.807) is 12.1 Å². The van der Waals surface area contributed by atoms with E-state index in [2.05, 4.69) is 13.8 Å². The lowest BCUT2D eigenvalue weighted by Crippen LogP contribution is -2.15. The lowest BCUT2D eigenvalue weighted by Gasteiger charge is -2.16. The molecule has 0 spiro atoms. The van der Waals surface area contributed by atoms with Gasteiger partial charge in [-0.25, -0.2) is 4.39 Å². The summed E-state index contributed by atoms with van der Waals surface area (Å²) in [6.07, 6.45) is 0.172. The third-order valence-electron chi connectivity index (χ3n) is 2.52. The Labute approximate surface area is 90.2 Å². The topological polar surface area (TPSA) is 35.2 Å². The summed E-state index contributed by atoms with van der Waals surface area (Å²) >= 11 is 0. The van der Waals surface area contributed by atoms with Gasteiger partial charge in [0.2, 0.25) is 0 Å². The van der Waals surface area contributed by atoms with Crippen molar-refractivity contribution in [3.05, 3.63) is 29.6 Å². The van der Waals surface area contributed by atoms with Gasteiger partial charge in [-0.3, -0.25) is 0 Å². The Kier molecular flexibility index (Phi) is 4.09. The molecule has 0 saturated carbocycles. The van der Waals surface area contributed by atoms with Crippen LogP contribution < -0.4 is 5.73 Å². The number of anilines is 1. The lowest BCUT2D eigenvalue weighted by molar-refractivity contribution is 0.0234. The number of hydrogen-bond acceptors (Lipinski definition) is 2. The predicted molar refractivity (Wildman–Crippen MR) is 59.9 cm³/mol. The van der Waals surface area contributed by atoms with E-state index in [1.165, 1.54) is 6.07 Å². The fourth-order valence-electron chi connectivity index (χ4n) is 1.08. The maximum absolute atomic E-state index is 13.1. The van der Waals surface area contributed by atoms with E-state index >= 15 is 0 Å². The Morgan fingerprint density at radius 2 is 2.00 bits per heavy atom. The van der Waals surface area contributed by atoms with E-state index in [0.29, 0.717) is 12.5 Å². The molecule has 0 amide bonds. The number of benzene rings is 1. The van der Waals surface area contributed by atoms with E-state index in [1.807, 2.05) is 6.92 Å². The Balaban J connectivity index is 2.55. The molecule has 0 fully saturated rings. The summed E-state index contributed by atoms with van der Waals surface area (Å²) in [5.41, 5.74) is 6.37. The molecule has 1 aromatic carbocycles. The van der Waals surface area contributed by atoms with Crippen LogP contribution in [0.25, 0.3) is 0 Å². The summed E-state index contributed by atoms with van der Waals surface area (Å²) in [6, 6.07) is 4.77. The molecular formula is C12H18FNO. The molecule has 0 aliphatic heterocycles. The van der Waals surface area contributed by atoms with Crippen molar-refractivity contribution in [2.24, 2.45) is 5.92 Å². The molecule has 1 unspecified atom stereocenters. The first-order chi connectivity index (χ1) is 7.00. The zero-order valence-electron chi connectivity index (χ0n) is 9.46. The van der Waals surface area contributed by atoms with Gasteiger partial charge >= 0.3 is 0 Å². The largest absolute Gasteiger partial charge is 0.396 e. The van der Waals surface area contributed by atoms with Crippen LogP contribution in [-0.4, -0.2) is 6.10 Å². The monoisotopic (exact) mass is 211 g/mol. The van der Waals surface area contributed by atoms with Gasteiger partial charge in [-0.05, 0) is 30.5 Å². The second kappa shape index (κ2) is 5.12. The van der Waals surface area contributed by atoms with Gasteiger partial charge in [-0.1, -0.05) is 19.9 Å². The van der Waals surface area contributed by atoms with Crippen LogP contribution in [0, 0.1) is 11.7 Å². The first-order valence-corrected chi connectivity index (χ1v) is 5.16. The number of hydrogen-bond donors (Lipinski definition) is 1. The minimum absolute atomic E-state index is 0.172. The first kappa shape index (κ1) is 12.0. The van der Waals surface area contributed by atoms with Crippen molar-refractivity contribution in [3.8, 4) is 0 Å². The van der Waals surface area contributed by atoms with Crippen LogP contribution in [0.5, 0.6) is 0 Å². The highest BCUT2D eigenvalue weighted by Crippen LogP contribution is 2.14. The molecule has 0 heterocycles. The Morgan fingerprint density at radius 1 is 1.33 bits per heavy atom. The van der Waals surface area contributed by atoms with Crippen molar-refractivity contribution < 1.29 is 9.13 Å². The number of nitrogens with two attached hydrogens (primary N) is 1. The number of rotatable bonds is 4. The minimum atomic E-state index is -0.381. The summed E-state index contributed by atoms with van der Waals surface area (Å²) in [5, 5.41) is 0. The quantitative estimate of drug-likeness (QED) is 0.777. The molecular weight excluding hydrogens is 193 g/mol. The Hall–Kier alpha value is -1.09. The second-order valence-corrected chi connectivity index (χ2v) is 4.12. The van der Waals surface area contributed by atoms with Crippen LogP contribution in [0.15, 0.2) is 18.2 Å². The fraction of sp³-hybridized carbons (Fsp3) is 0.500. The molecule has 1 atom stereocenters. The molecule has 3 heteroatoms. The van der Waals surface area contributed by atoms with Crippen molar-refractivity contribution in [3.63, 3.8) is 0 Å². The molecule has 0 aliphatic rings. The van der Waals surface area contributed by atoms with Crippen LogP contribution >= 0.6 is 0 Å². The van der Waals surface area contributed by atoms with Crippen molar-refractivity contribution in [1.82, 2.24) is 0 Å². The van der Waals surface area contributed by atoms with Crippen LogP contribution in [0.3, 0.4) is 0 Å². The van der Waals surface area contributed by atoms with Gasteiger partial charge in [0.1, 0.15) is 5.82 Å². The molecule has 0 radical (unpaired) electrons. The van der Waals surface area contributed by atoms with Gasteiger partial charge in [0.15, 0.2) is 0 Å². The van der Waals surface area contributed by atoms with Crippen LogP contribution in [-0.2, 0) is 11.3 Å². The summed E-state index contributed by atoms with van der Waals surface area (Å²) in [7, 11) is 0. The Morgan fingerprint density at radius 3 is 2.53 bits per heavy atom. The summed E-state index contributed by atoms with van der Waals surface area (Å²) in [6.45, 7) is 6.62. The highest BCUT2D eigenvalue weighted by molar-refractivity contribution is 5.41. The molecule has 1 rings (SSSR count). The summed E-state index contributed by atoms with van der Waals surface area (Å²) in [5.74, 6) is 0.0805. The molecule has 0 saturated heterocycles. The van der Waals surface area contributed by atoms with E-state index in [9.17, 15) is 4.39 Å². The SMILES string of the molecule is CC(C)C(C)OCc1ccc(N)c(F)c1.